The lowest BCUT2D eigenvalue weighted by Crippen LogP contribution is -2.31. The average Bonchev–Trinajstić information content (AvgIpc) is 2.58. The summed E-state index contributed by atoms with van der Waals surface area (Å²) < 4.78 is 7.89. The molecule has 2 rings (SSSR count). The van der Waals surface area contributed by atoms with Crippen LogP contribution in [0.15, 0.2) is 30.3 Å². The van der Waals surface area contributed by atoms with Gasteiger partial charge < -0.3 is 4.74 Å². The highest BCUT2D eigenvalue weighted by molar-refractivity contribution is 5.88. The molecule has 80 valence electrons. The number of likely N-dealkylation sites (N-methyl/N-ethyl adjacent to an activating group) is 1. The zero-order valence-corrected chi connectivity index (χ0v) is 9.47. The molecule has 3 heteroatoms. The van der Waals surface area contributed by atoms with Crippen LogP contribution < -0.4 is 4.90 Å². The van der Waals surface area contributed by atoms with Gasteiger partial charge in [-0.1, -0.05) is 18.2 Å². The normalized spacial score (nSPS) is 20.3. The summed E-state index contributed by atoms with van der Waals surface area (Å²) in [6.45, 7) is 3.04. The van der Waals surface area contributed by atoms with Crippen molar-refractivity contribution in [2.24, 2.45) is 0 Å². The molecule has 0 aromatic heterocycles. The Morgan fingerprint density at radius 1 is 1.33 bits per heavy atom. The van der Waals surface area contributed by atoms with E-state index >= 15 is 0 Å². The Bertz CT molecular complexity index is 372. The molecule has 1 aromatic rings. The highest BCUT2D eigenvalue weighted by Crippen LogP contribution is 2.15. The van der Waals surface area contributed by atoms with Crippen LogP contribution in [0, 0.1) is 0 Å². The van der Waals surface area contributed by atoms with Gasteiger partial charge in [0.1, 0.15) is 18.3 Å². The van der Waals surface area contributed by atoms with Crippen LogP contribution in [0.5, 0.6) is 0 Å². The van der Waals surface area contributed by atoms with E-state index in [1.807, 2.05) is 25.2 Å². The van der Waals surface area contributed by atoms with E-state index < -0.39 is 0 Å². The van der Waals surface area contributed by atoms with Gasteiger partial charge in [-0.05, 0) is 19.1 Å². The minimum Gasteiger partial charge on any atom is -0.424 e. The van der Waals surface area contributed by atoms with Crippen molar-refractivity contribution in [2.75, 3.05) is 25.5 Å². The van der Waals surface area contributed by atoms with Crippen molar-refractivity contribution in [1.82, 2.24) is 0 Å². The van der Waals surface area contributed by atoms with Crippen LogP contribution in [0.3, 0.4) is 0 Å². The number of anilines is 1. The molecule has 3 nitrogen and oxygen atoms in total. The minimum absolute atomic E-state index is 0.274. The molecule has 0 amide bonds. The molecule has 1 heterocycles. The van der Waals surface area contributed by atoms with Gasteiger partial charge in [0.25, 0.3) is 0 Å². The summed E-state index contributed by atoms with van der Waals surface area (Å²) in [6.07, 6.45) is 0.274. The molecule has 0 fully saturated rings. The molecule has 15 heavy (non-hydrogen) atoms. The first-order chi connectivity index (χ1) is 7.18. The van der Waals surface area contributed by atoms with Crippen molar-refractivity contribution in [3.8, 4) is 0 Å². The molecule has 0 N–H and O–H groups in total. The zero-order chi connectivity index (χ0) is 10.8. The van der Waals surface area contributed by atoms with Crippen molar-refractivity contribution >= 4 is 11.7 Å². The molecule has 0 bridgehead atoms. The number of nitrogens with zero attached hydrogens (tertiary/aromatic N) is 2. The van der Waals surface area contributed by atoms with Crippen LogP contribution in [0.2, 0.25) is 0 Å². The predicted octanol–water partition coefficient (Wildman–Crippen LogP) is 1.54. The van der Waals surface area contributed by atoms with Crippen LogP contribution in [0.1, 0.15) is 6.92 Å². The van der Waals surface area contributed by atoms with Gasteiger partial charge in [0.2, 0.25) is 0 Å². The fraction of sp³-hybridized carbons (Fsp3) is 0.417. The van der Waals surface area contributed by atoms with Gasteiger partial charge >= 0.3 is 6.02 Å². The van der Waals surface area contributed by atoms with E-state index in [1.54, 1.807) is 0 Å². The zero-order valence-electron chi connectivity index (χ0n) is 9.47. The summed E-state index contributed by atoms with van der Waals surface area (Å²) in [4.78, 5) is 2.07. The van der Waals surface area contributed by atoms with E-state index in [4.69, 9.17) is 4.74 Å². The fourth-order valence-electron chi connectivity index (χ4n) is 1.87. The maximum atomic E-state index is 5.76. The van der Waals surface area contributed by atoms with Crippen molar-refractivity contribution in [3.63, 3.8) is 0 Å². The lowest BCUT2D eigenvalue weighted by Gasteiger charge is -2.11. The average molecular weight is 205 g/mol. The molecule has 0 spiro atoms. The number of amidine groups is 1. The molecule has 0 radical (unpaired) electrons. The smallest absolute Gasteiger partial charge is 0.424 e. The summed E-state index contributed by atoms with van der Waals surface area (Å²) in [5, 5.41) is 0. The van der Waals surface area contributed by atoms with Crippen molar-refractivity contribution < 1.29 is 9.31 Å². The standard InChI is InChI=1S/C12H17N2O/c1-10-9-13(2)12(15-10)14(3)11-7-5-4-6-8-11/h4-8,10H,9H2,1-3H3/q+1. The Kier molecular flexibility index (Phi) is 2.62. The summed E-state index contributed by atoms with van der Waals surface area (Å²) in [5.41, 5.74) is 1.15. The van der Waals surface area contributed by atoms with Crippen LogP contribution in [-0.2, 0) is 4.74 Å². The van der Waals surface area contributed by atoms with Gasteiger partial charge in [-0.2, -0.15) is 4.90 Å². The molecule has 1 atom stereocenters. The number of rotatable bonds is 1. The molecule has 0 saturated carbocycles. The third kappa shape index (κ3) is 1.96. The third-order valence-corrected chi connectivity index (χ3v) is 2.59. The highest BCUT2D eigenvalue weighted by atomic mass is 16.5. The quantitative estimate of drug-likeness (QED) is 0.646. The number of hydrogen-bond acceptors (Lipinski definition) is 2. The summed E-state index contributed by atoms with van der Waals surface area (Å²) in [5.74, 6) is 0. The maximum Gasteiger partial charge on any atom is 0.451 e. The second kappa shape index (κ2) is 3.93. The van der Waals surface area contributed by atoms with E-state index in [0.717, 1.165) is 18.3 Å². The molecule has 0 aliphatic carbocycles. The molecule has 1 aliphatic rings. The first-order valence-electron chi connectivity index (χ1n) is 5.22. The topological polar surface area (TPSA) is 15.5 Å². The van der Waals surface area contributed by atoms with Crippen molar-refractivity contribution in [2.45, 2.75) is 13.0 Å². The SMILES string of the molecule is CC1C[N+](C)=C(N(C)c2ccccc2)O1. The van der Waals surface area contributed by atoms with Crippen LogP contribution in [0.4, 0.5) is 5.69 Å². The Morgan fingerprint density at radius 2 is 2.00 bits per heavy atom. The first-order valence-corrected chi connectivity index (χ1v) is 5.22. The van der Waals surface area contributed by atoms with Gasteiger partial charge in [-0.25, -0.2) is 4.58 Å². The number of benzene rings is 1. The summed E-state index contributed by atoms with van der Waals surface area (Å²) in [7, 11) is 4.08. The van der Waals surface area contributed by atoms with Gasteiger partial charge in [0, 0.05) is 0 Å². The van der Waals surface area contributed by atoms with E-state index in [2.05, 4.69) is 35.6 Å². The van der Waals surface area contributed by atoms with Crippen molar-refractivity contribution in [1.29, 1.82) is 0 Å². The molecule has 1 aromatic carbocycles. The van der Waals surface area contributed by atoms with E-state index in [0.29, 0.717) is 0 Å². The van der Waals surface area contributed by atoms with Crippen molar-refractivity contribution in [3.05, 3.63) is 30.3 Å². The molecule has 0 saturated heterocycles. The minimum atomic E-state index is 0.274. The molecular weight excluding hydrogens is 188 g/mol. The Hall–Kier alpha value is -1.51. The second-order valence-electron chi connectivity index (χ2n) is 3.99. The van der Waals surface area contributed by atoms with Gasteiger partial charge in [-0.15, -0.1) is 0 Å². The van der Waals surface area contributed by atoms with Gasteiger partial charge in [-0.3, -0.25) is 0 Å². The predicted molar refractivity (Wildman–Crippen MR) is 61.5 cm³/mol. The lowest BCUT2D eigenvalue weighted by molar-refractivity contribution is -0.490. The van der Waals surface area contributed by atoms with E-state index in [1.165, 1.54) is 0 Å². The number of ether oxygens (including phenoxy) is 1. The Balaban J connectivity index is 2.22. The van der Waals surface area contributed by atoms with Crippen LogP contribution in [-0.4, -0.2) is 37.3 Å². The van der Waals surface area contributed by atoms with Crippen LogP contribution >= 0.6 is 0 Å². The summed E-state index contributed by atoms with van der Waals surface area (Å²) in [6, 6.07) is 11.2. The lowest BCUT2D eigenvalue weighted by atomic mass is 10.3. The number of hydrogen-bond donors (Lipinski definition) is 0. The number of para-hydroxylation sites is 1. The molecular formula is C12H17N2O+. The largest absolute Gasteiger partial charge is 0.451 e. The fourth-order valence-corrected chi connectivity index (χ4v) is 1.87. The van der Waals surface area contributed by atoms with E-state index in [-0.39, 0.29) is 6.10 Å². The van der Waals surface area contributed by atoms with Gasteiger partial charge in [0.05, 0.1) is 14.1 Å². The molecule has 1 unspecified atom stereocenters. The first kappa shape index (κ1) is 10.0. The monoisotopic (exact) mass is 205 g/mol. The maximum absolute atomic E-state index is 5.76. The molecule has 1 aliphatic heterocycles. The second-order valence-corrected chi connectivity index (χ2v) is 3.99. The van der Waals surface area contributed by atoms with Gasteiger partial charge in [0.15, 0.2) is 0 Å². The summed E-state index contributed by atoms with van der Waals surface area (Å²) >= 11 is 0. The van der Waals surface area contributed by atoms with Crippen LogP contribution in [0.25, 0.3) is 0 Å². The third-order valence-electron chi connectivity index (χ3n) is 2.59. The highest BCUT2D eigenvalue weighted by Gasteiger charge is 2.30. The van der Waals surface area contributed by atoms with E-state index in [9.17, 15) is 0 Å². The Morgan fingerprint density at radius 3 is 2.53 bits per heavy atom. The Labute approximate surface area is 90.6 Å².